The van der Waals surface area contributed by atoms with E-state index >= 15 is 0 Å². The molecule has 1 saturated heterocycles. The highest BCUT2D eigenvalue weighted by atomic mass is 127. The van der Waals surface area contributed by atoms with Crippen molar-refractivity contribution in [1.82, 2.24) is 10.2 Å². The van der Waals surface area contributed by atoms with E-state index in [0.29, 0.717) is 13.1 Å². The fraction of sp³-hybridized carbons (Fsp3) is 0.938. The van der Waals surface area contributed by atoms with Crippen molar-refractivity contribution in [2.45, 2.75) is 58.6 Å². The van der Waals surface area contributed by atoms with E-state index in [4.69, 9.17) is 0 Å². The summed E-state index contributed by atoms with van der Waals surface area (Å²) in [5.41, 5.74) is 0. The second-order valence-electron chi connectivity index (χ2n) is 7.13. The lowest BCUT2D eigenvalue weighted by Crippen LogP contribution is -2.57. The molecule has 0 saturated carbocycles. The van der Waals surface area contributed by atoms with Crippen LogP contribution in [0.3, 0.4) is 0 Å². The Morgan fingerprint density at radius 2 is 1.96 bits per heavy atom. The van der Waals surface area contributed by atoms with Crippen molar-refractivity contribution in [2.24, 2.45) is 10.9 Å². The Bertz CT molecular complexity index is 476. The molecule has 0 aromatic carbocycles. The quantitative estimate of drug-likeness (QED) is 0.287. The highest BCUT2D eigenvalue weighted by Gasteiger charge is 2.40. The molecule has 0 aliphatic carbocycles. The van der Waals surface area contributed by atoms with Gasteiger partial charge in [0.05, 0.1) is 10.5 Å². The summed E-state index contributed by atoms with van der Waals surface area (Å²) < 4.78 is 23.5. The van der Waals surface area contributed by atoms with Crippen LogP contribution in [0, 0.1) is 5.92 Å². The molecule has 1 heterocycles. The number of rotatable bonds is 6. The lowest BCUT2D eigenvalue weighted by atomic mass is 10.1. The molecule has 1 aliphatic rings. The summed E-state index contributed by atoms with van der Waals surface area (Å²) in [6, 6.07) is 0. The van der Waals surface area contributed by atoms with E-state index in [1.807, 2.05) is 6.92 Å². The Morgan fingerprint density at radius 1 is 1.30 bits per heavy atom. The van der Waals surface area contributed by atoms with Crippen molar-refractivity contribution in [1.29, 1.82) is 0 Å². The molecule has 23 heavy (non-hydrogen) atoms. The number of unbranched alkanes of at least 4 members (excludes halogenated alkanes) is 1. The minimum atomic E-state index is -3.01. The molecular weight excluding hydrogens is 425 g/mol. The van der Waals surface area contributed by atoms with Crippen LogP contribution in [0.1, 0.15) is 53.9 Å². The highest BCUT2D eigenvalue weighted by Crippen LogP contribution is 2.23. The van der Waals surface area contributed by atoms with Gasteiger partial charge < -0.3 is 10.2 Å². The molecule has 0 bridgehead atoms. The number of aliphatic imine (C=N–C) groups is 1. The van der Waals surface area contributed by atoms with E-state index in [-0.39, 0.29) is 29.7 Å². The van der Waals surface area contributed by atoms with Gasteiger partial charge in [0.15, 0.2) is 15.8 Å². The zero-order valence-corrected chi connectivity index (χ0v) is 18.4. The van der Waals surface area contributed by atoms with Crippen LogP contribution in [-0.2, 0) is 9.84 Å². The third kappa shape index (κ3) is 7.15. The van der Waals surface area contributed by atoms with E-state index in [9.17, 15) is 8.42 Å². The second-order valence-corrected chi connectivity index (χ2v) is 9.87. The van der Waals surface area contributed by atoms with Crippen LogP contribution < -0.4 is 5.32 Å². The molecule has 0 radical (unpaired) electrons. The van der Waals surface area contributed by atoms with Gasteiger partial charge in [0.2, 0.25) is 0 Å². The maximum absolute atomic E-state index is 12.1. The van der Waals surface area contributed by atoms with E-state index in [1.54, 1.807) is 13.8 Å². The Hall–Kier alpha value is -0.0500. The summed E-state index contributed by atoms with van der Waals surface area (Å²) in [6.07, 6.45) is 3.52. The van der Waals surface area contributed by atoms with Crippen molar-refractivity contribution in [2.75, 3.05) is 31.9 Å². The van der Waals surface area contributed by atoms with Gasteiger partial charge in [-0.3, -0.25) is 4.99 Å². The predicted octanol–water partition coefficient (Wildman–Crippen LogP) is 2.91. The molecule has 1 N–H and O–H groups in total. The van der Waals surface area contributed by atoms with Gasteiger partial charge >= 0.3 is 0 Å². The number of nitrogens with zero attached hydrogens (tertiary/aromatic N) is 2. The fourth-order valence-electron chi connectivity index (χ4n) is 2.60. The summed E-state index contributed by atoms with van der Waals surface area (Å²) in [5, 5.41) is 3.30. The molecule has 138 valence electrons. The SMILES string of the molecule is CCNC(=NCCCCC(C)C)N1CCS(=O)(=O)C(C)(C)C1.I. The van der Waals surface area contributed by atoms with Crippen molar-refractivity contribution in [3.63, 3.8) is 0 Å². The van der Waals surface area contributed by atoms with Crippen LogP contribution >= 0.6 is 24.0 Å². The number of hydrogen-bond acceptors (Lipinski definition) is 3. The summed E-state index contributed by atoms with van der Waals surface area (Å²) in [7, 11) is -3.01. The average Bonchev–Trinajstić information content (AvgIpc) is 2.40. The van der Waals surface area contributed by atoms with Crippen molar-refractivity contribution in [3.05, 3.63) is 0 Å². The maximum atomic E-state index is 12.1. The summed E-state index contributed by atoms with van der Waals surface area (Å²) in [6.45, 7) is 12.8. The van der Waals surface area contributed by atoms with E-state index in [1.165, 1.54) is 12.8 Å². The maximum Gasteiger partial charge on any atom is 0.193 e. The van der Waals surface area contributed by atoms with Crippen LogP contribution in [0.25, 0.3) is 0 Å². The molecule has 0 aromatic heterocycles. The lowest BCUT2D eigenvalue weighted by Gasteiger charge is -2.39. The molecular formula is C16H34IN3O2S. The van der Waals surface area contributed by atoms with Gasteiger partial charge in [-0.1, -0.05) is 26.7 Å². The smallest absolute Gasteiger partial charge is 0.193 e. The van der Waals surface area contributed by atoms with Gasteiger partial charge in [0, 0.05) is 26.2 Å². The zero-order valence-electron chi connectivity index (χ0n) is 15.3. The first kappa shape index (κ1) is 22.9. The number of halogens is 1. The van der Waals surface area contributed by atoms with Gasteiger partial charge in [-0.2, -0.15) is 0 Å². The minimum absolute atomic E-state index is 0. The molecule has 7 heteroatoms. The van der Waals surface area contributed by atoms with Gasteiger partial charge in [0.1, 0.15) is 0 Å². The molecule has 0 unspecified atom stereocenters. The van der Waals surface area contributed by atoms with Gasteiger partial charge in [-0.15, -0.1) is 24.0 Å². The minimum Gasteiger partial charge on any atom is -0.357 e. The highest BCUT2D eigenvalue weighted by molar-refractivity contribution is 14.0. The number of guanidine groups is 1. The average molecular weight is 459 g/mol. The predicted molar refractivity (Wildman–Crippen MR) is 110 cm³/mol. The molecule has 1 aliphatic heterocycles. The van der Waals surface area contributed by atoms with Crippen molar-refractivity contribution < 1.29 is 8.42 Å². The Balaban J connectivity index is 0.00000484. The van der Waals surface area contributed by atoms with E-state index in [2.05, 4.69) is 29.1 Å². The van der Waals surface area contributed by atoms with Crippen LogP contribution in [0.4, 0.5) is 0 Å². The number of hydrogen-bond donors (Lipinski definition) is 1. The topological polar surface area (TPSA) is 61.8 Å². The third-order valence-corrected chi connectivity index (χ3v) is 6.66. The molecule has 1 fully saturated rings. The zero-order chi connectivity index (χ0) is 16.8. The monoisotopic (exact) mass is 459 g/mol. The molecule has 0 amide bonds. The number of sulfone groups is 1. The second kappa shape index (κ2) is 10.1. The molecule has 5 nitrogen and oxygen atoms in total. The van der Waals surface area contributed by atoms with Gasteiger partial charge in [-0.05, 0) is 33.1 Å². The normalized spacial score (nSPS) is 20.3. The molecule has 0 atom stereocenters. The van der Waals surface area contributed by atoms with Crippen molar-refractivity contribution >= 4 is 39.8 Å². The first-order chi connectivity index (χ1) is 10.2. The molecule has 1 rings (SSSR count). The first-order valence-corrected chi connectivity index (χ1v) is 10.1. The van der Waals surface area contributed by atoms with Crippen molar-refractivity contribution in [3.8, 4) is 0 Å². The fourth-order valence-corrected chi connectivity index (χ4v) is 3.97. The first-order valence-electron chi connectivity index (χ1n) is 8.45. The Labute approximate surface area is 159 Å². The van der Waals surface area contributed by atoms with Crippen LogP contribution in [0.5, 0.6) is 0 Å². The Kier molecular flexibility index (Phi) is 10.0. The summed E-state index contributed by atoms with van der Waals surface area (Å²) in [5.74, 6) is 1.80. The van der Waals surface area contributed by atoms with Crippen LogP contribution in [-0.4, -0.2) is 56.0 Å². The summed E-state index contributed by atoms with van der Waals surface area (Å²) in [4.78, 5) is 6.77. The van der Waals surface area contributed by atoms with Crippen LogP contribution in [0.15, 0.2) is 4.99 Å². The Morgan fingerprint density at radius 3 is 2.48 bits per heavy atom. The van der Waals surface area contributed by atoms with Crippen LogP contribution in [0.2, 0.25) is 0 Å². The largest absolute Gasteiger partial charge is 0.357 e. The van der Waals surface area contributed by atoms with Gasteiger partial charge in [-0.25, -0.2) is 8.42 Å². The standard InChI is InChI=1S/C16H33N3O2S.HI/c1-6-17-15(18-10-8-7-9-14(2)3)19-11-12-22(20,21)16(4,5)13-19;/h14H,6-13H2,1-5H3,(H,17,18);1H. The molecule has 0 spiro atoms. The van der Waals surface area contributed by atoms with E-state index < -0.39 is 14.6 Å². The van der Waals surface area contributed by atoms with Gasteiger partial charge in [0.25, 0.3) is 0 Å². The summed E-state index contributed by atoms with van der Waals surface area (Å²) >= 11 is 0. The lowest BCUT2D eigenvalue weighted by molar-refractivity contribution is 0.353. The third-order valence-electron chi connectivity index (χ3n) is 4.13. The molecule has 0 aromatic rings. The number of nitrogens with one attached hydrogen (secondary N) is 1. The van der Waals surface area contributed by atoms with E-state index in [0.717, 1.165) is 31.4 Å².